The number of hydrogen-bond donors (Lipinski definition) is 3. The fraction of sp³-hybridized carbons (Fsp3) is 0.348. The molecule has 2 aromatic carbocycles. The number of nitrogens with one attached hydrogen (secondary N) is 3. The van der Waals surface area contributed by atoms with Gasteiger partial charge in [-0.2, -0.15) is 0 Å². The van der Waals surface area contributed by atoms with Gasteiger partial charge in [0.15, 0.2) is 0 Å². The number of fused-ring (bicyclic) bond motifs is 1. The van der Waals surface area contributed by atoms with E-state index >= 15 is 0 Å². The van der Waals surface area contributed by atoms with Crippen LogP contribution in [0.5, 0.6) is 0 Å². The first kappa shape index (κ1) is 19.2. The second-order valence-electron chi connectivity index (χ2n) is 8.22. The van der Waals surface area contributed by atoms with Crippen molar-refractivity contribution in [2.45, 2.75) is 33.2 Å². The van der Waals surface area contributed by atoms with Crippen LogP contribution in [0.2, 0.25) is 0 Å². The lowest BCUT2D eigenvalue weighted by Gasteiger charge is -2.20. The Balaban J connectivity index is 1.45. The Morgan fingerprint density at radius 3 is 2.41 bits per heavy atom. The molecule has 3 unspecified atom stereocenters. The molecule has 29 heavy (non-hydrogen) atoms. The fourth-order valence-electron chi connectivity index (χ4n) is 3.52. The van der Waals surface area contributed by atoms with Gasteiger partial charge in [0.05, 0.1) is 17.1 Å². The van der Waals surface area contributed by atoms with Gasteiger partial charge < -0.3 is 15.6 Å². The number of para-hydroxylation sites is 2. The molecule has 3 atom stereocenters. The Kier molecular flexibility index (Phi) is 5.09. The normalized spacial score (nSPS) is 19.2. The van der Waals surface area contributed by atoms with Crippen LogP contribution >= 0.6 is 0 Å². The Morgan fingerprint density at radius 2 is 1.79 bits per heavy atom. The number of imidazole rings is 1. The Labute approximate surface area is 170 Å². The monoisotopic (exact) mass is 390 g/mol. The molecule has 1 heterocycles. The number of H-pyrrole nitrogens is 1. The number of carbonyl (C=O) groups excluding carboxylic acids is 2. The third-order valence-electron chi connectivity index (χ3n) is 5.52. The number of nitrogens with zero attached hydrogens (tertiary/aromatic N) is 1. The Bertz CT molecular complexity index is 1010. The van der Waals surface area contributed by atoms with Crippen LogP contribution in [-0.2, 0) is 4.79 Å². The Hall–Kier alpha value is -3.15. The van der Waals surface area contributed by atoms with Gasteiger partial charge in [0.2, 0.25) is 5.91 Å². The van der Waals surface area contributed by atoms with Gasteiger partial charge in [-0.1, -0.05) is 32.9 Å². The molecule has 6 nitrogen and oxygen atoms in total. The van der Waals surface area contributed by atoms with E-state index in [1.165, 1.54) is 0 Å². The molecular formula is C23H26N4O2. The van der Waals surface area contributed by atoms with Gasteiger partial charge in [0.25, 0.3) is 5.91 Å². The van der Waals surface area contributed by atoms with E-state index in [2.05, 4.69) is 41.4 Å². The maximum absolute atomic E-state index is 12.8. The average Bonchev–Trinajstić information content (AvgIpc) is 3.29. The zero-order valence-corrected chi connectivity index (χ0v) is 16.9. The third kappa shape index (κ3) is 4.16. The van der Waals surface area contributed by atoms with Crippen LogP contribution in [0.25, 0.3) is 11.0 Å². The van der Waals surface area contributed by atoms with Crippen molar-refractivity contribution >= 4 is 28.5 Å². The first-order chi connectivity index (χ1) is 13.9. The van der Waals surface area contributed by atoms with Gasteiger partial charge >= 0.3 is 0 Å². The number of benzene rings is 2. The van der Waals surface area contributed by atoms with E-state index in [1.54, 1.807) is 24.3 Å². The summed E-state index contributed by atoms with van der Waals surface area (Å²) in [4.78, 5) is 32.8. The number of aromatic amines is 1. The van der Waals surface area contributed by atoms with Gasteiger partial charge in [0, 0.05) is 17.2 Å². The van der Waals surface area contributed by atoms with Crippen LogP contribution in [0.1, 0.15) is 49.4 Å². The summed E-state index contributed by atoms with van der Waals surface area (Å²) in [6.45, 7) is 6.18. The molecule has 1 aromatic heterocycles. The first-order valence-corrected chi connectivity index (χ1v) is 10.1. The van der Waals surface area contributed by atoms with E-state index in [9.17, 15) is 9.59 Å². The van der Waals surface area contributed by atoms with Crippen molar-refractivity contribution in [3.05, 3.63) is 59.9 Å². The molecule has 0 saturated heterocycles. The second kappa shape index (κ2) is 7.70. The smallest absolute Gasteiger partial charge is 0.251 e. The van der Waals surface area contributed by atoms with Crippen molar-refractivity contribution in [1.82, 2.24) is 15.3 Å². The molecular weight excluding hydrogens is 364 g/mol. The lowest BCUT2D eigenvalue weighted by molar-refractivity contribution is -0.117. The quantitative estimate of drug-likeness (QED) is 0.587. The molecule has 0 radical (unpaired) electrons. The van der Waals surface area contributed by atoms with Crippen LogP contribution in [0.15, 0.2) is 48.5 Å². The van der Waals surface area contributed by atoms with Crippen molar-refractivity contribution in [3.8, 4) is 0 Å². The van der Waals surface area contributed by atoms with Crippen molar-refractivity contribution in [2.24, 2.45) is 17.8 Å². The van der Waals surface area contributed by atoms with Crippen LogP contribution in [-0.4, -0.2) is 21.8 Å². The molecule has 3 N–H and O–H groups in total. The molecule has 2 amide bonds. The predicted octanol–water partition coefficient (Wildman–Crippen LogP) is 4.28. The standard InChI is InChI=1S/C23H26N4O2/c1-13(2)20(21-25-18-6-4-5-7-19(18)26-21)27-22(28)15-8-10-16(11-9-15)24-23(29)17-12-14(17)3/h4-11,13-14,17,20H,12H2,1-3H3,(H,24,29)(H,25,26)(H,27,28). The summed E-state index contributed by atoms with van der Waals surface area (Å²) in [6, 6.07) is 14.6. The van der Waals surface area contributed by atoms with E-state index in [0.29, 0.717) is 17.2 Å². The second-order valence-corrected chi connectivity index (χ2v) is 8.22. The minimum atomic E-state index is -0.231. The van der Waals surface area contributed by atoms with Crippen molar-refractivity contribution < 1.29 is 9.59 Å². The molecule has 4 rings (SSSR count). The van der Waals surface area contributed by atoms with E-state index < -0.39 is 0 Å². The summed E-state index contributed by atoms with van der Waals surface area (Å²) >= 11 is 0. The van der Waals surface area contributed by atoms with Gasteiger partial charge in [-0.15, -0.1) is 0 Å². The topological polar surface area (TPSA) is 86.9 Å². The van der Waals surface area contributed by atoms with Gasteiger partial charge in [-0.05, 0) is 54.7 Å². The summed E-state index contributed by atoms with van der Waals surface area (Å²) in [5, 5.41) is 6.00. The molecule has 0 aliphatic heterocycles. The zero-order chi connectivity index (χ0) is 20.5. The molecule has 0 bridgehead atoms. The maximum atomic E-state index is 12.8. The zero-order valence-electron chi connectivity index (χ0n) is 16.9. The van der Waals surface area contributed by atoms with Crippen molar-refractivity contribution in [1.29, 1.82) is 0 Å². The third-order valence-corrected chi connectivity index (χ3v) is 5.52. The highest BCUT2D eigenvalue weighted by Crippen LogP contribution is 2.38. The number of hydrogen-bond acceptors (Lipinski definition) is 3. The molecule has 1 saturated carbocycles. The highest BCUT2D eigenvalue weighted by atomic mass is 16.2. The lowest BCUT2D eigenvalue weighted by atomic mass is 10.0. The molecule has 1 aliphatic rings. The molecule has 1 fully saturated rings. The Morgan fingerprint density at radius 1 is 1.10 bits per heavy atom. The number of carbonyl (C=O) groups is 2. The summed E-state index contributed by atoms with van der Waals surface area (Å²) in [5.41, 5.74) is 3.09. The summed E-state index contributed by atoms with van der Waals surface area (Å²) in [7, 11) is 0. The number of amides is 2. The van der Waals surface area contributed by atoms with Gasteiger partial charge in [-0.3, -0.25) is 9.59 Å². The number of aromatic nitrogens is 2. The molecule has 3 aromatic rings. The highest BCUT2D eigenvalue weighted by molar-refractivity contribution is 5.97. The molecule has 6 heteroatoms. The molecule has 150 valence electrons. The average molecular weight is 390 g/mol. The fourth-order valence-corrected chi connectivity index (χ4v) is 3.52. The molecule has 1 aliphatic carbocycles. The van der Waals surface area contributed by atoms with Crippen LogP contribution in [0, 0.1) is 17.8 Å². The van der Waals surface area contributed by atoms with Crippen LogP contribution < -0.4 is 10.6 Å². The largest absolute Gasteiger partial charge is 0.342 e. The number of rotatable bonds is 6. The summed E-state index contributed by atoms with van der Waals surface area (Å²) in [6.07, 6.45) is 0.949. The first-order valence-electron chi connectivity index (χ1n) is 10.1. The van der Waals surface area contributed by atoms with Crippen LogP contribution in [0.3, 0.4) is 0 Å². The van der Waals surface area contributed by atoms with Crippen molar-refractivity contribution in [3.63, 3.8) is 0 Å². The van der Waals surface area contributed by atoms with E-state index in [1.807, 2.05) is 24.3 Å². The predicted molar refractivity (Wildman–Crippen MR) is 113 cm³/mol. The molecule has 0 spiro atoms. The minimum absolute atomic E-state index is 0.0551. The van der Waals surface area contributed by atoms with E-state index in [4.69, 9.17) is 0 Å². The highest BCUT2D eigenvalue weighted by Gasteiger charge is 2.39. The summed E-state index contributed by atoms with van der Waals surface area (Å²) < 4.78 is 0. The maximum Gasteiger partial charge on any atom is 0.251 e. The minimum Gasteiger partial charge on any atom is -0.342 e. The van der Waals surface area contributed by atoms with Crippen LogP contribution in [0.4, 0.5) is 5.69 Å². The lowest BCUT2D eigenvalue weighted by Crippen LogP contribution is -2.32. The SMILES string of the molecule is CC(C)C(NC(=O)c1ccc(NC(=O)C2CC2C)cc1)c1nc2ccccc2[nH]1. The van der Waals surface area contributed by atoms with Gasteiger partial charge in [-0.25, -0.2) is 4.98 Å². The number of anilines is 1. The van der Waals surface area contributed by atoms with E-state index in [0.717, 1.165) is 23.3 Å². The van der Waals surface area contributed by atoms with Crippen molar-refractivity contribution in [2.75, 3.05) is 5.32 Å². The van der Waals surface area contributed by atoms with E-state index in [-0.39, 0.29) is 29.7 Å². The summed E-state index contributed by atoms with van der Waals surface area (Å²) in [5.74, 6) is 1.38. The van der Waals surface area contributed by atoms with Gasteiger partial charge in [0.1, 0.15) is 5.82 Å².